The molecule has 0 unspecified atom stereocenters. The quantitative estimate of drug-likeness (QED) is 0.629. The Balaban J connectivity index is 2.34. The van der Waals surface area contributed by atoms with Gasteiger partial charge in [0.1, 0.15) is 10.7 Å². The Morgan fingerprint density at radius 3 is 2.25 bits per heavy atom. The highest BCUT2D eigenvalue weighted by atomic mass is 32.2. The van der Waals surface area contributed by atoms with E-state index in [1.165, 1.54) is 18.3 Å². The van der Waals surface area contributed by atoms with E-state index < -0.39 is 21.1 Å². The molecule has 0 aliphatic heterocycles. The van der Waals surface area contributed by atoms with Crippen molar-refractivity contribution in [1.82, 2.24) is 4.57 Å². The summed E-state index contributed by atoms with van der Waals surface area (Å²) in [6.07, 6.45) is 1.36. The van der Waals surface area contributed by atoms with E-state index in [-0.39, 0.29) is 15.2 Å². The average Bonchev–Trinajstić information content (AvgIpc) is 2.70. The van der Waals surface area contributed by atoms with Gasteiger partial charge in [-0.15, -0.1) is 0 Å². The molecule has 0 atom stereocenters. The minimum Gasteiger partial charge on any atom is -0.370 e. The first-order valence-corrected chi connectivity index (χ1v) is 10.7. The highest BCUT2D eigenvalue weighted by molar-refractivity contribution is 7.91. The molecule has 1 heterocycles. The first kappa shape index (κ1) is 20.1. The van der Waals surface area contributed by atoms with Crippen LogP contribution in [0.15, 0.2) is 63.2 Å². The molecule has 0 saturated carbocycles. The van der Waals surface area contributed by atoms with Crippen LogP contribution in [0.1, 0.15) is 20.8 Å². The lowest BCUT2D eigenvalue weighted by molar-refractivity contribution is 0.593. The fraction of sp³-hybridized carbons (Fsp3) is 0.286. The fourth-order valence-corrected chi connectivity index (χ4v) is 4.75. The van der Waals surface area contributed by atoms with Gasteiger partial charge in [-0.1, -0.05) is 18.2 Å². The van der Waals surface area contributed by atoms with Gasteiger partial charge < -0.3 is 9.47 Å². The van der Waals surface area contributed by atoms with E-state index in [1.807, 2.05) is 25.7 Å². The average molecular weight is 402 g/mol. The largest absolute Gasteiger partial charge is 0.370 e. The van der Waals surface area contributed by atoms with Crippen LogP contribution in [0.25, 0.3) is 10.9 Å². The summed E-state index contributed by atoms with van der Waals surface area (Å²) in [4.78, 5) is 14.6. The highest BCUT2D eigenvalue weighted by Crippen LogP contribution is 2.27. The Hall–Kier alpha value is -2.67. The molecule has 0 spiro atoms. The molecule has 0 bridgehead atoms. The number of halogens is 1. The van der Waals surface area contributed by atoms with Gasteiger partial charge in [-0.25, -0.2) is 12.8 Å². The van der Waals surface area contributed by atoms with Gasteiger partial charge in [-0.05, 0) is 45.0 Å². The van der Waals surface area contributed by atoms with Crippen molar-refractivity contribution in [2.75, 3.05) is 18.0 Å². The van der Waals surface area contributed by atoms with Gasteiger partial charge in [0.15, 0.2) is 0 Å². The summed E-state index contributed by atoms with van der Waals surface area (Å²) in [7, 11) is -4.01. The third kappa shape index (κ3) is 3.30. The molecule has 7 heteroatoms. The zero-order chi connectivity index (χ0) is 20.5. The molecule has 28 heavy (non-hydrogen) atoms. The maximum Gasteiger partial charge on any atom is 0.211 e. The molecule has 0 N–H and O–H groups in total. The van der Waals surface area contributed by atoms with Crippen molar-refractivity contribution in [3.63, 3.8) is 0 Å². The van der Waals surface area contributed by atoms with Crippen molar-refractivity contribution < 1.29 is 12.8 Å². The number of rotatable bonds is 6. The van der Waals surface area contributed by atoms with Crippen LogP contribution in [0.5, 0.6) is 0 Å². The maximum absolute atomic E-state index is 14.8. The van der Waals surface area contributed by atoms with Crippen molar-refractivity contribution in [3.8, 4) is 0 Å². The van der Waals surface area contributed by atoms with E-state index in [0.717, 1.165) is 6.07 Å². The summed E-state index contributed by atoms with van der Waals surface area (Å²) in [6.45, 7) is 7.39. The number of fused-ring (bicyclic) bond motifs is 1. The molecule has 0 aliphatic rings. The Labute approximate surface area is 164 Å². The zero-order valence-corrected chi connectivity index (χ0v) is 17.0. The van der Waals surface area contributed by atoms with Crippen molar-refractivity contribution >= 4 is 26.4 Å². The second-order valence-electron chi connectivity index (χ2n) is 6.42. The van der Waals surface area contributed by atoms with Gasteiger partial charge in [-0.3, -0.25) is 4.79 Å². The standard InChI is InChI=1S/C21H23FN2O3S/c1-4-23(5-2)19-13-18-16(12-17(19)22)21(25)20(14-24(18)6-3)28(26,27)15-10-8-7-9-11-15/h7-14H,4-6H2,1-3H3. The van der Waals surface area contributed by atoms with Crippen LogP contribution in [0.2, 0.25) is 0 Å². The molecule has 3 aromatic rings. The van der Waals surface area contributed by atoms with Crippen molar-refractivity contribution in [3.05, 3.63) is 64.7 Å². The summed E-state index contributed by atoms with van der Waals surface area (Å²) in [6, 6.07) is 10.6. The smallest absolute Gasteiger partial charge is 0.211 e. The molecule has 3 rings (SSSR count). The third-order valence-corrected chi connectivity index (χ3v) is 6.67. The first-order valence-electron chi connectivity index (χ1n) is 9.26. The zero-order valence-electron chi connectivity index (χ0n) is 16.1. The molecule has 0 amide bonds. The Morgan fingerprint density at radius 1 is 1.04 bits per heavy atom. The number of nitrogens with zero attached hydrogens (tertiary/aromatic N) is 2. The lowest BCUT2D eigenvalue weighted by atomic mass is 10.1. The van der Waals surface area contributed by atoms with Crippen LogP contribution >= 0.6 is 0 Å². The number of aromatic nitrogens is 1. The van der Waals surface area contributed by atoms with Crippen LogP contribution in [-0.4, -0.2) is 26.1 Å². The number of hydrogen-bond acceptors (Lipinski definition) is 4. The van der Waals surface area contributed by atoms with Crippen molar-refractivity contribution in [1.29, 1.82) is 0 Å². The van der Waals surface area contributed by atoms with E-state index in [2.05, 4.69) is 0 Å². The Morgan fingerprint density at radius 2 is 1.68 bits per heavy atom. The SMILES string of the molecule is CCN(CC)c1cc2c(cc1F)c(=O)c(S(=O)(=O)c1ccccc1)cn2CC. The Bertz CT molecular complexity index is 1170. The minimum atomic E-state index is -4.01. The highest BCUT2D eigenvalue weighted by Gasteiger charge is 2.24. The number of anilines is 1. The molecule has 0 radical (unpaired) electrons. The fourth-order valence-electron chi connectivity index (χ4n) is 3.36. The molecule has 0 fully saturated rings. The number of pyridine rings is 1. The first-order chi connectivity index (χ1) is 13.3. The van der Waals surface area contributed by atoms with E-state index >= 15 is 0 Å². The predicted octanol–water partition coefficient (Wildman–Crippen LogP) is 3.84. The number of aryl methyl sites for hydroxylation is 1. The molecule has 2 aromatic carbocycles. The lowest BCUT2D eigenvalue weighted by Crippen LogP contribution is -2.24. The summed E-state index contributed by atoms with van der Waals surface area (Å²) in [5, 5.41) is 0.0623. The molecule has 148 valence electrons. The summed E-state index contributed by atoms with van der Waals surface area (Å²) < 4.78 is 42.5. The molecule has 5 nitrogen and oxygen atoms in total. The molecular weight excluding hydrogens is 379 g/mol. The van der Waals surface area contributed by atoms with E-state index in [0.29, 0.717) is 30.8 Å². The molecule has 1 aromatic heterocycles. The van der Waals surface area contributed by atoms with Crippen LogP contribution in [-0.2, 0) is 16.4 Å². The van der Waals surface area contributed by atoms with Crippen LogP contribution in [0, 0.1) is 5.82 Å². The monoisotopic (exact) mass is 402 g/mol. The minimum absolute atomic E-state index is 0.0364. The van der Waals surface area contributed by atoms with Gasteiger partial charge >= 0.3 is 0 Å². The predicted molar refractivity (Wildman–Crippen MR) is 109 cm³/mol. The van der Waals surface area contributed by atoms with Gasteiger partial charge in [-0.2, -0.15) is 0 Å². The third-order valence-electron chi connectivity index (χ3n) is 4.90. The lowest BCUT2D eigenvalue weighted by Gasteiger charge is -2.23. The second-order valence-corrected chi connectivity index (χ2v) is 8.34. The number of hydrogen-bond donors (Lipinski definition) is 0. The second kappa shape index (κ2) is 7.75. The van der Waals surface area contributed by atoms with Gasteiger partial charge in [0.05, 0.1) is 21.5 Å². The number of sulfone groups is 1. The van der Waals surface area contributed by atoms with Crippen molar-refractivity contribution in [2.45, 2.75) is 37.1 Å². The maximum atomic E-state index is 14.8. The summed E-state index contributed by atoms with van der Waals surface area (Å²) >= 11 is 0. The van der Waals surface area contributed by atoms with Gasteiger partial charge in [0.2, 0.25) is 15.3 Å². The van der Waals surface area contributed by atoms with E-state index in [1.54, 1.807) is 28.8 Å². The normalized spacial score (nSPS) is 11.7. The van der Waals surface area contributed by atoms with Gasteiger partial charge in [0, 0.05) is 25.8 Å². The van der Waals surface area contributed by atoms with Crippen LogP contribution in [0.3, 0.4) is 0 Å². The van der Waals surface area contributed by atoms with Crippen LogP contribution in [0.4, 0.5) is 10.1 Å². The molecule has 0 saturated heterocycles. The topological polar surface area (TPSA) is 59.4 Å². The summed E-state index contributed by atoms with van der Waals surface area (Å²) in [5.74, 6) is -0.537. The Kier molecular flexibility index (Phi) is 5.56. The van der Waals surface area contributed by atoms with E-state index in [4.69, 9.17) is 0 Å². The number of benzene rings is 2. The summed E-state index contributed by atoms with van der Waals surface area (Å²) in [5.41, 5.74) is 0.231. The van der Waals surface area contributed by atoms with E-state index in [9.17, 15) is 17.6 Å². The van der Waals surface area contributed by atoms with Gasteiger partial charge in [0.25, 0.3) is 0 Å². The molecular formula is C21H23FN2O3S. The molecule has 0 aliphatic carbocycles. The van der Waals surface area contributed by atoms with Crippen molar-refractivity contribution in [2.24, 2.45) is 0 Å². The van der Waals surface area contributed by atoms with Crippen LogP contribution < -0.4 is 10.3 Å².